The van der Waals surface area contributed by atoms with E-state index in [4.69, 9.17) is 18.6 Å². The number of ether oxygens (including phenoxy) is 1. The van der Waals surface area contributed by atoms with Crippen LogP contribution in [0.4, 0.5) is 5.69 Å². The molecule has 2 aliphatic carbocycles. The Bertz CT molecular complexity index is 1870. The summed E-state index contributed by atoms with van der Waals surface area (Å²) in [4.78, 5) is 44.1. The van der Waals surface area contributed by atoms with Gasteiger partial charge in [0.2, 0.25) is 11.7 Å². The fourth-order valence-electron chi connectivity index (χ4n) is 6.89. The number of nitrogens with zero attached hydrogens (tertiary/aromatic N) is 2. The lowest BCUT2D eigenvalue weighted by atomic mass is 9.94. The molecular weight excluding hydrogens is 584 g/mol. The molecule has 0 radical (unpaired) electrons. The summed E-state index contributed by atoms with van der Waals surface area (Å²) < 4.78 is 18.0. The van der Waals surface area contributed by atoms with Gasteiger partial charge >= 0.3 is 5.97 Å². The maximum atomic E-state index is 13.7. The molecule has 0 bridgehead atoms. The minimum absolute atomic E-state index is 0.115. The van der Waals surface area contributed by atoms with Crippen LogP contribution in [0, 0.1) is 0 Å². The van der Waals surface area contributed by atoms with E-state index in [1.165, 1.54) is 26.4 Å². The van der Waals surface area contributed by atoms with Crippen LogP contribution in [0.25, 0.3) is 33.7 Å². The SMILES string of the molecule is COC(=O)c1ccc(-c2ccc(NC(=O)C3(NC(=O)c4ccc5c(c4)nc(-c4ccoc4)n5C4CCCCC4)CCCC3)cc2)o1. The van der Waals surface area contributed by atoms with Gasteiger partial charge in [-0.15, -0.1) is 0 Å². The Morgan fingerprint density at radius 3 is 2.41 bits per heavy atom. The molecule has 10 heteroatoms. The Kier molecular flexibility index (Phi) is 7.94. The van der Waals surface area contributed by atoms with Crippen molar-refractivity contribution in [1.82, 2.24) is 14.9 Å². The number of carbonyl (C=O) groups is 3. The standard InChI is InChI=1S/C36H36N4O6/c1-44-34(42)31-16-15-30(46-31)23-9-12-26(13-10-23)37-35(43)36(18-5-6-19-36)39-33(41)24-11-14-29-28(21-24)38-32(25-17-20-45-22-25)40(29)27-7-3-2-4-8-27/h9-17,20-22,27H,2-8,18-19H2,1H3,(H,37,43)(H,39,41). The fourth-order valence-corrected chi connectivity index (χ4v) is 6.89. The lowest BCUT2D eigenvalue weighted by Crippen LogP contribution is -2.55. The van der Waals surface area contributed by atoms with Crippen molar-refractivity contribution in [1.29, 1.82) is 0 Å². The highest BCUT2D eigenvalue weighted by atomic mass is 16.5. The number of anilines is 1. The average Bonchev–Trinajstić information content (AvgIpc) is 3.91. The molecule has 0 spiro atoms. The van der Waals surface area contributed by atoms with Gasteiger partial charge in [-0.25, -0.2) is 9.78 Å². The van der Waals surface area contributed by atoms with Crippen LogP contribution in [-0.2, 0) is 9.53 Å². The van der Waals surface area contributed by atoms with Crippen LogP contribution in [0.1, 0.15) is 84.7 Å². The Morgan fingerprint density at radius 2 is 1.70 bits per heavy atom. The molecule has 5 aromatic rings. The van der Waals surface area contributed by atoms with Crippen molar-refractivity contribution in [3.05, 3.63) is 84.5 Å². The summed E-state index contributed by atoms with van der Waals surface area (Å²) >= 11 is 0. The number of methoxy groups -OCH3 is 1. The van der Waals surface area contributed by atoms with Gasteiger partial charge in [0.05, 0.1) is 30.0 Å². The van der Waals surface area contributed by atoms with E-state index in [-0.39, 0.29) is 17.6 Å². The van der Waals surface area contributed by atoms with E-state index in [1.807, 2.05) is 24.3 Å². The fraction of sp³-hybridized carbons (Fsp3) is 0.333. The van der Waals surface area contributed by atoms with Crippen LogP contribution < -0.4 is 10.6 Å². The van der Waals surface area contributed by atoms with E-state index >= 15 is 0 Å². The number of furan rings is 2. The lowest BCUT2D eigenvalue weighted by Gasteiger charge is -2.29. The minimum Gasteiger partial charge on any atom is -0.472 e. The number of aromatic nitrogens is 2. The van der Waals surface area contributed by atoms with Crippen molar-refractivity contribution >= 4 is 34.5 Å². The van der Waals surface area contributed by atoms with Crippen LogP contribution in [-0.4, -0.2) is 40.0 Å². The van der Waals surface area contributed by atoms with Crippen LogP contribution >= 0.6 is 0 Å². The topological polar surface area (TPSA) is 129 Å². The molecule has 2 aromatic carbocycles. The molecule has 2 N–H and O–H groups in total. The first-order valence-corrected chi connectivity index (χ1v) is 15.9. The largest absolute Gasteiger partial charge is 0.472 e. The van der Waals surface area contributed by atoms with Gasteiger partial charge in [-0.2, -0.15) is 0 Å². The molecule has 10 nitrogen and oxygen atoms in total. The zero-order valence-electron chi connectivity index (χ0n) is 25.7. The third-order valence-electron chi connectivity index (χ3n) is 9.34. The van der Waals surface area contributed by atoms with Crippen molar-refractivity contribution < 1.29 is 28.0 Å². The number of fused-ring (bicyclic) bond motifs is 1. The third kappa shape index (κ3) is 5.59. The molecule has 236 valence electrons. The molecule has 2 fully saturated rings. The highest BCUT2D eigenvalue weighted by Gasteiger charge is 2.42. The number of nitrogens with one attached hydrogen (secondary N) is 2. The Morgan fingerprint density at radius 1 is 0.913 bits per heavy atom. The Hall–Kier alpha value is -5.12. The summed E-state index contributed by atoms with van der Waals surface area (Å²) in [5.41, 5.74) is 3.43. The first kappa shape index (κ1) is 29.6. The van der Waals surface area contributed by atoms with Crippen LogP contribution in [0.5, 0.6) is 0 Å². The minimum atomic E-state index is -1.02. The highest BCUT2D eigenvalue weighted by molar-refractivity contribution is 6.05. The summed E-state index contributed by atoms with van der Waals surface area (Å²) in [7, 11) is 1.30. The molecule has 2 amide bonds. The second kappa shape index (κ2) is 12.3. The quantitative estimate of drug-likeness (QED) is 0.172. The van der Waals surface area contributed by atoms with Gasteiger partial charge in [-0.3, -0.25) is 9.59 Å². The molecule has 2 aliphatic rings. The Labute approximate surface area is 266 Å². The van der Waals surface area contributed by atoms with E-state index in [0.717, 1.165) is 53.7 Å². The molecule has 7 rings (SSSR count). The third-order valence-corrected chi connectivity index (χ3v) is 9.34. The van der Waals surface area contributed by atoms with Crippen molar-refractivity contribution in [2.45, 2.75) is 69.4 Å². The summed E-state index contributed by atoms with van der Waals surface area (Å²) in [5, 5.41) is 6.10. The van der Waals surface area contributed by atoms with Crippen molar-refractivity contribution in [2.24, 2.45) is 0 Å². The summed E-state index contributed by atoms with van der Waals surface area (Å²) in [5.74, 6) is 0.376. The predicted molar refractivity (Wildman–Crippen MR) is 172 cm³/mol. The molecule has 3 aromatic heterocycles. The molecule has 3 heterocycles. The van der Waals surface area contributed by atoms with Gasteiger partial charge in [-0.1, -0.05) is 32.1 Å². The molecule has 46 heavy (non-hydrogen) atoms. The number of amides is 2. The Balaban J connectivity index is 1.10. The number of esters is 1. The van der Waals surface area contributed by atoms with Crippen molar-refractivity contribution in [3.63, 3.8) is 0 Å². The van der Waals surface area contributed by atoms with E-state index in [9.17, 15) is 14.4 Å². The number of hydrogen-bond acceptors (Lipinski definition) is 7. The van der Waals surface area contributed by atoms with Crippen LogP contribution in [0.2, 0.25) is 0 Å². The highest BCUT2D eigenvalue weighted by Crippen LogP contribution is 2.37. The molecule has 0 saturated heterocycles. The van der Waals surface area contributed by atoms with E-state index in [1.54, 1.807) is 48.9 Å². The van der Waals surface area contributed by atoms with Gasteiger partial charge in [0.15, 0.2) is 0 Å². The predicted octanol–water partition coefficient (Wildman–Crippen LogP) is 7.53. The number of carbonyl (C=O) groups excluding carboxylic acids is 3. The smallest absolute Gasteiger partial charge is 0.373 e. The van der Waals surface area contributed by atoms with Gasteiger partial charge in [0.1, 0.15) is 23.4 Å². The van der Waals surface area contributed by atoms with Crippen LogP contribution in [0.3, 0.4) is 0 Å². The monoisotopic (exact) mass is 620 g/mol. The van der Waals surface area contributed by atoms with E-state index in [2.05, 4.69) is 15.2 Å². The summed E-state index contributed by atoms with van der Waals surface area (Å²) in [6.45, 7) is 0. The molecule has 0 atom stereocenters. The van der Waals surface area contributed by atoms with Crippen LogP contribution in [0.15, 0.2) is 82.0 Å². The number of imidazole rings is 1. The normalized spacial score (nSPS) is 16.4. The lowest BCUT2D eigenvalue weighted by molar-refractivity contribution is -0.122. The summed E-state index contributed by atoms with van der Waals surface area (Å²) in [6.07, 6.45) is 12.0. The first-order chi connectivity index (χ1) is 22.4. The van der Waals surface area contributed by atoms with Gasteiger partial charge < -0.3 is 28.8 Å². The number of rotatable bonds is 8. The molecule has 2 saturated carbocycles. The molecule has 0 unspecified atom stereocenters. The van der Waals surface area contributed by atoms with Crippen molar-refractivity contribution in [3.8, 4) is 22.7 Å². The van der Waals surface area contributed by atoms with E-state index < -0.39 is 11.5 Å². The zero-order valence-corrected chi connectivity index (χ0v) is 25.7. The maximum Gasteiger partial charge on any atom is 0.373 e. The maximum absolute atomic E-state index is 13.7. The number of hydrogen-bond donors (Lipinski definition) is 2. The zero-order chi connectivity index (χ0) is 31.7. The number of benzene rings is 2. The van der Waals surface area contributed by atoms with Gasteiger partial charge in [0, 0.05) is 22.9 Å². The second-order valence-electron chi connectivity index (χ2n) is 12.2. The van der Waals surface area contributed by atoms with Gasteiger partial charge in [-0.05, 0) is 86.3 Å². The summed E-state index contributed by atoms with van der Waals surface area (Å²) in [6, 6.07) is 18.3. The second-order valence-corrected chi connectivity index (χ2v) is 12.2. The first-order valence-electron chi connectivity index (χ1n) is 15.9. The van der Waals surface area contributed by atoms with Crippen molar-refractivity contribution in [2.75, 3.05) is 12.4 Å². The molecule has 0 aliphatic heterocycles. The van der Waals surface area contributed by atoms with E-state index in [0.29, 0.717) is 35.9 Å². The average molecular weight is 621 g/mol. The molecular formula is C36H36N4O6. The van der Waals surface area contributed by atoms with Gasteiger partial charge in [0.25, 0.3) is 5.91 Å².